The molecule has 24 heavy (non-hydrogen) atoms. The molecule has 0 aromatic heterocycles. The summed E-state index contributed by atoms with van der Waals surface area (Å²) in [6.07, 6.45) is 0. The molecular weight excluding hydrogens is 316 g/mol. The average molecular weight is 339 g/mol. The fourth-order valence-corrected chi connectivity index (χ4v) is 2.78. The summed E-state index contributed by atoms with van der Waals surface area (Å²) in [6.45, 7) is 0.721. The van der Waals surface area contributed by atoms with Gasteiger partial charge in [0.2, 0.25) is 0 Å². The fraction of sp³-hybridized carbons (Fsp3) is 0.143. The summed E-state index contributed by atoms with van der Waals surface area (Å²) in [6, 6.07) is 31.3. The van der Waals surface area contributed by atoms with Crippen molar-refractivity contribution < 1.29 is 0 Å². The number of nitrogens with one attached hydrogen (secondary N) is 1. The van der Waals surface area contributed by atoms with Crippen molar-refractivity contribution in [3.8, 4) is 0 Å². The molecule has 0 radical (unpaired) electrons. The van der Waals surface area contributed by atoms with Crippen molar-refractivity contribution in [2.45, 2.75) is 12.1 Å². The van der Waals surface area contributed by atoms with Gasteiger partial charge in [-0.2, -0.15) is 0 Å². The number of nitrogens with two attached hydrogens (primary N) is 1. The zero-order chi connectivity index (χ0) is 15.9. The van der Waals surface area contributed by atoms with E-state index in [-0.39, 0.29) is 24.5 Å². The Morgan fingerprint density at radius 2 is 1.00 bits per heavy atom. The minimum absolute atomic E-state index is 0. The fourth-order valence-electron chi connectivity index (χ4n) is 2.78. The van der Waals surface area contributed by atoms with Crippen LogP contribution in [0.15, 0.2) is 91.0 Å². The zero-order valence-electron chi connectivity index (χ0n) is 13.5. The maximum atomic E-state index is 6.34. The predicted octanol–water partition coefficient (Wildman–Crippen LogP) is 4.49. The molecule has 0 spiro atoms. The molecule has 0 aliphatic heterocycles. The van der Waals surface area contributed by atoms with Gasteiger partial charge in [-0.05, 0) is 16.7 Å². The van der Waals surface area contributed by atoms with Crippen LogP contribution < -0.4 is 11.1 Å². The molecule has 0 saturated heterocycles. The number of halogens is 1. The quantitative estimate of drug-likeness (QED) is 0.695. The van der Waals surface area contributed by atoms with Crippen LogP contribution >= 0.6 is 12.4 Å². The molecule has 0 bridgehead atoms. The van der Waals surface area contributed by atoms with Gasteiger partial charge in [0.05, 0.1) is 6.04 Å². The molecule has 3 aromatic carbocycles. The molecule has 3 heteroatoms. The molecule has 0 aliphatic rings. The van der Waals surface area contributed by atoms with Crippen molar-refractivity contribution in [3.63, 3.8) is 0 Å². The van der Waals surface area contributed by atoms with E-state index in [1.807, 2.05) is 30.3 Å². The first-order chi connectivity index (χ1) is 11.3. The van der Waals surface area contributed by atoms with E-state index >= 15 is 0 Å². The lowest BCUT2D eigenvalue weighted by Gasteiger charge is -2.22. The van der Waals surface area contributed by atoms with Gasteiger partial charge in [-0.3, -0.25) is 0 Å². The molecule has 2 nitrogen and oxygen atoms in total. The normalized spacial score (nSPS) is 11.8. The molecule has 0 heterocycles. The highest BCUT2D eigenvalue weighted by Gasteiger charge is 2.15. The van der Waals surface area contributed by atoms with Crippen LogP contribution in [0.25, 0.3) is 0 Å². The summed E-state index contributed by atoms with van der Waals surface area (Å²) in [5.41, 5.74) is 9.99. The van der Waals surface area contributed by atoms with E-state index in [2.05, 4.69) is 66.0 Å². The summed E-state index contributed by atoms with van der Waals surface area (Å²) in [4.78, 5) is 0. The lowest BCUT2D eigenvalue weighted by Crippen LogP contribution is -2.30. The molecular formula is C21H23ClN2. The zero-order valence-corrected chi connectivity index (χ0v) is 14.3. The van der Waals surface area contributed by atoms with E-state index in [0.717, 1.165) is 12.1 Å². The van der Waals surface area contributed by atoms with Gasteiger partial charge in [0.25, 0.3) is 0 Å². The first-order valence-corrected chi connectivity index (χ1v) is 7.98. The summed E-state index contributed by atoms with van der Waals surface area (Å²) in [5.74, 6) is 0. The van der Waals surface area contributed by atoms with E-state index in [1.165, 1.54) is 11.1 Å². The lowest BCUT2D eigenvalue weighted by molar-refractivity contribution is 0.548. The maximum absolute atomic E-state index is 6.34. The van der Waals surface area contributed by atoms with Crippen molar-refractivity contribution in [3.05, 3.63) is 108 Å². The summed E-state index contributed by atoms with van der Waals surface area (Å²) in [5, 5.41) is 3.63. The Morgan fingerprint density at radius 3 is 1.42 bits per heavy atom. The predicted molar refractivity (Wildman–Crippen MR) is 103 cm³/mol. The molecule has 124 valence electrons. The van der Waals surface area contributed by atoms with Crippen LogP contribution in [0.5, 0.6) is 0 Å². The SMILES string of the molecule is Cl.NC(CNC(c1ccccc1)c1ccccc1)c1ccccc1. The number of hydrogen-bond donors (Lipinski definition) is 2. The third kappa shape index (κ3) is 4.68. The van der Waals surface area contributed by atoms with Crippen molar-refractivity contribution in [1.82, 2.24) is 5.32 Å². The first kappa shape index (κ1) is 18.2. The van der Waals surface area contributed by atoms with Crippen LogP contribution in [0.2, 0.25) is 0 Å². The van der Waals surface area contributed by atoms with Gasteiger partial charge in [-0.25, -0.2) is 0 Å². The van der Waals surface area contributed by atoms with E-state index < -0.39 is 0 Å². The Balaban J connectivity index is 0.00000208. The Hall–Kier alpha value is -2.13. The van der Waals surface area contributed by atoms with Gasteiger partial charge >= 0.3 is 0 Å². The molecule has 1 unspecified atom stereocenters. The second-order valence-corrected chi connectivity index (χ2v) is 5.68. The van der Waals surface area contributed by atoms with Gasteiger partial charge in [0, 0.05) is 12.6 Å². The number of benzene rings is 3. The number of rotatable bonds is 6. The van der Waals surface area contributed by atoms with Crippen molar-refractivity contribution >= 4 is 12.4 Å². The monoisotopic (exact) mass is 338 g/mol. The molecule has 0 amide bonds. The molecule has 0 fully saturated rings. The smallest absolute Gasteiger partial charge is 0.0577 e. The highest BCUT2D eigenvalue weighted by molar-refractivity contribution is 5.85. The molecule has 3 N–H and O–H groups in total. The van der Waals surface area contributed by atoms with E-state index in [9.17, 15) is 0 Å². The largest absolute Gasteiger partial charge is 0.323 e. The topological polar surface area (TPSA) is 38.0 Å². The van der Waals surface area contributed by atoms with Crippen LogP contribution in [0.4, 0.5) is 0 Å². The van der Waals surface area contributed by atoms with Gasteiger partial charge in [0.1, 0.15) is 0 Å². The third-order valence-corrected chi connectivity index (χ3v) is 4.04. The van der Waals surface area contributed by atoms with Crippen LogP contribution in [0, 0.1) is 0 Å². The number of hydrogen-bond acceptors (Lipinski definition) is 2. The van der Waals surface area contributed by atoms with Gasteiger partial charge < -0.3 is 11.1 Å². The summed E-state index contributed by atoms with van der Waals surface area (Å²) < 4.78 is 0. The van der Waals surface area contributed by atoms with E-state index in [0.29, 0.717) is 0 Å². The van der Waals surface area contributed by atoms with Crippen molar-refractivity contribution in [2.24, 2.45) is 5.73 Å². The van der Waals surface area contributed by atoms with E-state index in [1.54, 1.807) is 0 Å². The molecule has 0 aliphatic carbocycles. The summed E-state index contributed by atoms with van der Waals surface area (Å²) in [7, 11) is 0. The molecule has 1 atom stereocenters. The van der Waals surface area contributed by atoms with Gasteiger partial charge in [-0.15, -0.1) is 12.4 Å². The Kier molecular flexibility index (Phi) is 7.01. The Labute approximate surface area is 150 Å². The average Bonchev–Trinajstić information content (AvgIpc) is 2.64. The van der Waals surface area contributed by atoms with E-state index in [4.69, 9.17) is 5.73 Å². The maximum Gasteiger partial charge on any atom is 0.0577 e. The standard InChI is InChI=1S/C21H22N2.ClH/c22-20(17-10-4-1-5-11-17)16-23-21(18-12-6-2-7-13-18)19-14-8-3-9-15-19;/h1-15,20-21,23H,16,22H2;1H. The second kappa shape index (κ2) is 9.24. The first-order valence-electron chi connectivity index (χ1n) is 7.98. The molecule has 3 rings (SSSR count). The Bertz CT molecular complexity index is 662. The van der Waals surface area contributed by atoms with Crippen LogP contribution in [-0.4, -0.2) is 6.54 Å². The minimum Gasteiger partial charge on any atom is -0.323 e. The Morgan fingerprint density at radius 1 is 0.625 bits per heavy atom. The highest BCUT2D eigenvalue weighted by Crippen LogP contribution is 2.22. The third-order valence-electron chi connectivity index (χ3n) is 4.04. The van der Waals surface area contributed by atoms with Crippen molar-refractivity contribution in [1.29, 1.82) is 0 Å². The highest BCUT2D eigenvalue weighted by atomic mass is 35.5. The molecule has 3 aromatic rings. The second-order valence-electron chi connectivity index (χ2n) is 5.68. The van der Waals surface area contributed by atoms with Gasteiger partial charge in [-0.1, -0.05) is 91.0 Å². The van der Waals surface area contributed by atoms with Crippen LogP contribution in [0.3, 0.4) is 0 Å². The van der Waals surface area contributed by atoms with Gasteiger partial charge in [0.15, 0.2) is 0 Å². The summed E-state index contributed by atoms with van der Waals surface area (Å²) >= 11 is 0. The van der Waals surface area contributed by atoms with Crippen LogP contribution in [0.1, 0.15) is 28.8 Å². The van der Waals surface area contributed by atoms with Crippen LogP contribution in [-0.2, 0) is 0 Å². The molecule has 0 saturated carbocycles. The minimum atomic E-state index is -0.0221. The van der Waals surface area contributed by atoms with Crippen molar-refractivity contribution in [2.75, 3.05) is 6.54 Å². The lowest BCUT2D eigenvalue weighted by atomic mass is 9.98.